The Morgan fingerprint density at radius 1 is 1.13 bits per heavy atom. The maximum absolute atomic E-state index is 8.71. The molecule has 2 nitrogen and oxygen atoms in total. The average Bonchev–Trinajstić information content (AvgIpc) is 2.80. The van der Waals surface area contributed by atoms with E-state index in [9.17, 15) is 0 Å². The van der Waals surface area contributed by atoms with Crippen LogP contribution in [0, 0.1) is 19.3 Å². The van der Waals surface area contributed by atoms with Crippen LogP contribution in [0.25, 0.3) is 10.9 Å². The summed E-state index contributed by atoms with van der Waals surface area (Å²) in [5, 5.41) is 9.90. The molecule has 0 saturated carbocycles. The van der Waals surface area contributed by atoms with E-state index in [-0.39, 0.29) is 0 Å². The van der Waals surface area contributed by atoms with E-state index in [0.29, 0.717) is 12.1 Å². The molecule has 0 aliphatic carbocycles. The summed E-state index contributed by atoms with van der Waals surface area (Å²) in [6.07, 6.45) is 2.77. The predicted molar refractivity (Wildman–Crippen MR) is 101 cm³/mol. The molecule has 0 radical (unpaired) electrons. The second kappa shape index (κ2) is 6.25. The molecule has 0 amide bonds. The van der Waals surface area contributed by atoms with Crippen LogP contribution in [0.4, 0.5) is 0 Å². The number of fused-ring (bicyclic) bond motifs is 1. The molecule has 0 aliphatic heterocycles. The van der Waals surface area contributed by atoms with Gasteiger partial charge in [-0.3, -0.25) is 0 Å². The first-order chi connectivity index (χ1) is 11.0. The van der Waals surface area contributed by atoms with Gasteiger partial charge in [0, 0.05) is 46.2 Å². The maximum atomic E-state index is 8.71. The van der Waals surface area contributed by atoms with Crippen molar-refractivity contribution in [2.75, 3.05) is 6.26 Å². The molecule has 23 heavy (non-hydrogen) atoms. The van der Waals surface area contributed by atoms with Crippen molar-refractivity contribution in [1.82, 2.24) is 4.57 Å². The van der Waals surface area contributed by atoms with Gasteiger partial charge in [-0.05, 0) is 49.4 Å². The van der Waals surface area contributed by atoms with Crippen molar-refractivity contribution in [3.8, 4) is 0 Å². The first-order valence-electron chi connectivity index (χ1n) is 7.78. The summed E-state index contributed by atoms with van der Waals surface area (Å²) < 4.78 is 2.20. The summed E-state index contributed by atoms with van der Waals surface area (Å²) in [6, 6.07) is 14.9. The number of aryl methyl sites for hydroxylation is 2. The topological polar surface area (TPSA) is 28.8 Å². The number of aromatic nitrogens is 1. The van der Waals surface area contributed by atoms with Crippen LogP contribution in [-0.4, -0.2) is 16.5 Å². The smallest absolute Gasteiger partial charge is 0.0487 e. The van der Waals surface area contributed by atoms with Gasteiger partial charge >= 0.3 is 0 Å². The number of thioether (sulfide) groups is 1. The Hall–Kier alpha value is -2.00. The standard InChI is InChI=1S/C20H22N2S/c1-13-7-5-6-8-15(13)11-18(21)20-14(2)22(3)19-10-9-16(23-4)12-17(19)20/h5-10,12,21H,11H2,1-4H3. The minimum Gasteiger partial charge on any atom is -0.347 e. The number of hydrogen-bond acceptors (Lipinski definition) is 2. The molecule has 2 aromatic carbocycles. The average molecular weight is 322 g/mol. The predicted octanol–water partition coefficient (Wildman–Crippen LogP) is 5.13. The monoisotopic (exact) mass is 322 g/mol. The van der Waals surface area contributed by atoms with Gasteiger partial charge in [0.15, 0.2) is 0 Å². The highest BCUT2D eigenvalue weighted by atomic mass is 32.2. The number of hydrogen-bond donors (Lipinski definition) is 1. The lowest BCUT2D eigenvalue weighted by Crippen LogP contribution is -2.07. The van der Waals surface area contributed by atoms with Crippen LogP contribution in [0.15, 0.2) is 47.4 Å². The lowest BCUT2D eigenvalue weighted by atomic mass is 9.97. The lowest BCUT2D eigenvalue weighted by molar-refractivity contribution is 0.915. The maximum Gasteiger partial charge on any atom is 0.0487 e. The second-order valence-corrected chi connectivity index (χ2v) is 6.86. The van der Waals surface area contributed by atoms with E-state index in [1.807, 2.05) is 0 Å². The van der Waals surface area contributed by atoms with Crippen molar-refractivity contribution in [3.05, 3.63) is 64.8 Å². The zero-order chi connectivity index (χ0) is 16.6. The Labute approximate surface area is 142 Å². The van der Waals surface area contributed by atoms with Crippen LogP contribution >= 0.6 is 11.8 Å². The van der Waals surface area contributed by atoms with Gasteiger partial charge in [0.05, 0.1) is 0 Å². The van der Waals surface area contributed by atoms with Crippen LogP contribution < -0.4 is 0 Å². The van der Waals surface area contributed by atoms with Gasteiger partial charge < -0.3 is 9.98 Å². The molecular formula is C20H22N2S. The Kier molecular flexibility index (Phi) is 4.31. The Bertz CT molecular complexity index is 890. The van der Waals surface area contributed by atoms with E-state index < -0.39 is 0 Å². The molecule has 1 N–H and O–H groups in total. The van der Waals surface area contributed by atoms with Crippen LogP contribution in [0.5, 0.6) is 0 Å². The molecule has 1 heterocycles. The highest BCUT2D eigenvalue weighted by molar-refractivity contribution is 7.98. The summed E-state index contributed by atoms with van der Waals surface area (Å²) in [6.45, 7) is 4.23. The van der Waals surface area contributed by atoms with E-state index in [2.05, 4.69) is 74.2 Å². The van der Waals surface area contributed by atoms with Crippen molar-refractivity contribution in [3.63, 3.8) is 0 Å². The third-order valence-electron chi connectivity index (χ3n) is 4.63. The fourth-order valence-electron chi connectivity index (χ4n) is 3.15. The van der Waals surface area contributed by atoms with E-state index in [0.717, 1.165) is 11.3 Å². The second-order valence-electron chi connectivity index (χ2n) is 5.98. The largest absolute Gasteiger partial charge is 0.347 e. The summed E-state index contributed by atoms with van der Waals surface area (Å²) >= 11 is 1.75. The molecule has 0 unspecified atom stereocenters. The fraction of sp³-hybridized carbons (Fsp3) is 0.250. The van der Waals surface area contributed by atoms with Gasteiger partial charge in [-0.25, -0.2) is 0 Å². The first kappa shape index (κ1) is 15.9. The molecule has 0 aliphatic rings. The number of benzene rings is 2. The van der Waals surface area contributed by atoms with Crippen molar-refractivity contribution >= 4 is 28.4 Å². The third kappa shape index (κ3) is 2.81. The highest BCUT2D eigenvalue weighted by Gasteiger charge is 2.17. The Balaban J connectivity index is 2.10. The van der Waals surface area contributed by atoms with Gasteiger partial charge in [-0.1, -0.05) is 24.3 Å². The molecule has 0 saturated heterocycles. The molecule has 0 spiro atoms. The quantitative estimate of drug-likeness (QED) is 0.524. The van der Waals surface area contributed by atoms with Gasteiger partial charge in [0.25, 0.3) is 0 Å². The number of rotatable bonds is 4. The van der Waals surface area contributed by atoms with Crippen LogP contribution in [0.1, 0.15) is 22.4 Å². The molecule has 0 fully saturated rings. The summed E-state index contributed by atoms with van der Waals surface area (Å²) in [4.78, 5) is 1.24. The van der Waals surface area contributed by atoms with E-state index in [1.165, 1.54) is 26.9 Å². The normalized spacial score (nSPS) is 11.1. The van der Waals surface area contributed by atoms with Gasteiger partial charge in [0.2, 0.25) is 0 Å². The number of nitrogens with one attached hydrogen (secondary N) is 1. The zero-order valence-corrected chi connectivity index (χ0v) is 14.9. The molecule has 3 heteroatoms. The molecule has 0 atom stereocenters. The van der Waals surface area contributed by atoms with E-state index >= 15 is 0 Å². The van der Waals surface area contributed by atoms with Crippen LogP contribution in [0.2, 0.25) is 0 Å². The van der Waals surface area contributed by atoms with Crippen LogP contribution in [-0.2, 0) is 13.5 Å². The summed E-state index contributed by atoms with van der Waals surface area (Å²) in [5.41, 5.74) is 6.62. The van der Waals surface area contributed by atoms with Crippen molar-refractivity contribution in [2.24, 2.45) is 7.05 Å². The minimum absolute atomic E-state index is 0.677. The van der Waals surface area contributed by atoms with Gasteiger partial charge in [0.1, 0.15) is 0 Å². The molecule has 3 aromatic rings. The van der Waals surface area contributed by atoms with Crippen molar-refractivity contribution in [1.29, 1.82) is 5.41 Å². The third-order valence-corrected chi connectivity index (χ3v) is 5.35. The van der Waals surface area contributed by atoms with E-state index in [4.69, 9.17) is 5.41 Å². The summed E-state index contributed by atoms with van der Waals surface area (Å²) in [5.74, 6) is 0. The van der Waals surface area contributed by atoms with Crippen molar-refractivity contribution in [2.45, 2.75) is 25.2 Å². The zero-order valence-electron chi connectivity index (χ0n) is 14.1. The fourth-order valence-corrected chi connectivity index (χ4v) is 3.59. The Morgan fingerprint density at radius 2 is 1.87 bits per heavy atom. The molecular weight excluding hydrogens is 300 g/mol. The van der Waals surface area contributed by atoms with Crippen molar-refractivity contribution < 1.29 is 0 Å². The van der Waals surface area contributed by atoms with Gasteiger partial charge in [-0.15, -0.1) is 11.8 Å². The highest BCUT2D eigenvalue weighted by Crippen LogP contribution is 2.30. The van der Waals surface area contributed by atoms with E-state index in [1.54, 1.807) is 11.8 Å². The molecule has 0 bridgehead atoms. The summed E-state index contributed by atoms with van der Waals surface area (Å²) in [7, 11) is 2.08. The van der Waals surface area contributed by atoms with Gasteiger partial charge in [-0.2, -0.15) is 0 Å². The SMILES string of the molecule is CSc1ccc2c(c1)c(C(=N)Cc1ccccc1C)c(C)n2C. The minimum atomic E-state index is 0.677. The lowest BCUT2D eigenvalue weighted by Gasteiger charge is -2.08. The molecule has 118 valence electrons. The van der Waals surface area contributed by atoms with Crippen LogP contribution in [0.3, 0.4) is 0 Å². The molecule has 3 rings (SSSR count). The number of nitrogens with zero attached hydrogens (tertiary/aromatic N) is 1. The first-order valence-corrected chi connectivity index (χ1v) is 9.00. The molecule has 1 aromatic heterocycles. The Morgan fingerprint density at radius 3 is 2.57 bits per heavy atom.